The maximum atomic E-state index is 12.2. The Hall–Kier alpha value is -1.51. The molecule has 3 nitrogen and oxygen atoms in total. The number of para-hydroxylation sites is 1. The van der Waals surface area contributed by atoms with Gasteiger partial charge in [0, 0.05) is 25.7 Å². The minimum absolute atomic E-state index is 0.0293. The predicted octanol–water partition coefficient (Wildman–Crippen LogP) is 2.38. The van der Waals surface area contributed by atoms with Gasteiger partial charge < -0.3 is 9.80 Å². The molecule has 0 fully saturated rings. The zero-order chi connectivity index (χ0) is 12.6. The molecule has 1 aliphatic rings. The first-order valence-corrected chi connectivity index (χ1v) is 6.03. The Morgan fingerprint density at radius 1 is 1.12 bits per heavy atom. The molecule has 1 aliphatic heterocycles. The van der Waals surface area contributed by atoms with Gasteiger partial charge in [-0.2, -0.15) is 0 Å². The highest BCUT2D eigenvalue weighted by Crippen LogP contribution is 2.29. The average molecular weight is 232 g/mol. The molecule has 92 valence electrons. The van der Waals surface area contributed by atoms with Crippen molar-refractivity contribution in [1.82, 2.24) is 4.90 Å². The van der Waals surface area contributed by atoms with E-state index in [1.54, 1.807) is 4.90 Å². The van der Waals surface area contributed by atoms with Crippen LogP contribution in [0.5, 0.6) is 0 Å². The molecule has 0 aliphatic carbocycles. The zero-order valence-electron chi connectivity index (χ0n) is 11.0. The van der Waals surface area contributed by atoms with Crippen molar-refractivity contribution in [2.75, 3.05) is 25.0 Å². The highest BCUT2D eigenvalue weighted by Gasteiger charge is 2.29. The first-order chi connectivity index (χ1) is 7.91. The monoisotopic (exact) mass is 232 g/mol. The minimum Gasteiger partial charge on any atom is -0.364 e. The molecule has 1 heterocycles. The molecule has 0 bridgehead atoms. The van der Waals surface area contributed by atoms with Crippen molar-refractivity contribution in [3.63, 3.8) is 0 Å². The highest BCUT2D eigenvalue weighted by molar-refractivity contribution is 6.00. The third-order valence-corrected chi connectivity index (χ3v) is 3.24. The van der Waals surface area contributed by atoms with E-state index in [4.69, 9.17) is 0 Å². The largest absolute Gasteiger partial charge is 0.364 e. The van der Waals surface area contributed by atoms with Crippen LogP contribution in [-0.2, 0) is 0 Å². The second-order valence-corrected chi connectivity index (χ2v) is 5.57. The van der Waals surface area contributed by atoms with Gasteiger partial charge in [0.25, 0.3) is 5.91 Å². The Morgan fingerprint density at radius 3 is 2.41 bits per heavy atom. The third kappa shape index (κ3) is 2.14. The van der Waals surface area contributed by atoms with Crippen molar-refractivity contribution in [2.45, 2.75) is 26.3 Å². The number of hydrogen-bond donors (Lipinski definition) is 0. The number of anilines is 1. The minimum atomic E-state index is 0.0293. The van der Waals surface area contributed by atoms with Gasteiger partial charge in [-0.05, 0) is 32.9 Å². The Kier molecular flexibility index (Phi) is 2.86. The van der Waals surface area contributed by atoms with Gasteiger partial charge in [0.15, 0.2) is 0 Å². The lowest BCUT2D eigenvalue weighted by Gasteiger charge is -2.37. The fourth-order valence-electron chi connectivity index (χ4n) is 2.26. The summed E-state index contributed by atoms with van der Waals surface area (Å²) < 4.78 is 0. The van der Waals surface area contributed by atoms with E-state index in [0.29, 0.717) is 0 Å². The molecule has 1 aromatic carbocycles. The van der Waals surface area contributed by atoms with Crippen LogP contribution < -0.4 is 4.90 Å². The summed E-state index contributed by atoms with van der Waals surface area (Å²) in [6, 6.07) is 7.88. The van der Waals surface area contributed by atoms with Crippen LogP contribution in [0.1, 0.15) is 31.1 Å². The Labute approximate surface area is 103 Å². The van der Waals surface area contributed by atoms with Gasteiger partial charge >= 0.3 is 0 Å². The molecule has 0 saturated carbocycles. The molecule has 0 N–H and O–H groups in total. The van der Waals surface area contributed by atoms with Gasteiger partial charge in [0.2, 0.25) is 0 Å². The summed E-state index contributed by atoms with van der Waals surface area (Å²) in [5.41, 5.74) is 1.89. The van der Waals surface area contributed by atoms with E-state index in [1.807, 2.05) is 31.3 Å². The van der Waals surface area contributed by atoms with Crippen LogP contribution in [0.3, 0.4) is 0 Å². The number of rotatable bonds is 0. The SMILES string of the molecule is CN1CCN(C(C)(C)C)c2ccccc2C1=O. The second kappa shape index (κ2) is 4.06. The lowest BCUT2D eigenvalue weighted by Crippen LogP contribution is -2.44. The summed E-state index contributed by atoms with van der Waals surface area (Å²) in [5.74, 6) is 0.118. The number of likely N-dealkylation sites (N-methyl/N-ethyl adjacent to an activating group) is 1. The molecule has 0 saturated heterocycles. The van der Waals surface area contributed by atoms with E-state index >= 15 is 0 Å². The number of fused-ring (bicyclic) bond motifs is 1. The van der Waals surface area contributed by atoms with E-state index in [0.717, 1.165) is 24.3 Å². The van der Waals surface area contributed by atoms with Crippen LogP contribution in [-0.4, -0.2) is 36.5 Å². The number of benzene rings is 1. The topological polar surface area (TPSA) is 23.6 Å². The van der Waals surface area contributed by atoms with Crippen molar-refractivity contribution in [3.8, 4) is 0 Å². The molecule has 3 heteroatoms. The molecule has 0 spiro atoms. The number of carbonyl (C=O) groups is 1. The van der Waals surface area contributed by atoms with Crippen molar-refractivity contribution in [1.29, 1.82) is 0 Å². The maximum absolute atomic E-state index is 12.2. The first-order valence-electron chi connectivity index (χ1n) is 6.03. The Balaban J connectivity index is 2.54. The molecule has 17 heavy (non-hydrogen) atoms. The van der Waals surface area contributed by atoms with Gasteiger partial charge in [-0.15, -0.1) is 0 Å². The summed E-state index contributed by atoms with van der Waals surface area (Å²) in [4.78, 5) is 16.3. The van der Waals surface area contributed by atoms with Gasteiger partial charge in [-0.25, -0.2) is 0 Å². The first kappa shape index (κ1) is 12.0. The van der Waals surface area contributed by atoms with Crippen molar-refractivity contribution >= 4 is 11.6 Å². The highest BCUT2D eigenvalue weighted by atomic mass is 16.2. The lowest BCUT2D eigenvalue weighted by molar-refractivity contribution is 0.0804. The smallest absolute Gasteiger partial charge is 0.255 e. The van der Waals surface area contributed by atoms with E-state index in [1.165, 1.54) is 0 Å². The molecule has 0 unspecified atom stereocenters. The second-order valence-electron chi connectivity index (χ2n) is 5.57. The van der Waals surface area contributed by atoms with E-state index in [-0.39, 0.29) is 11.4 Å². The molecular weight excluding hydrogens is 212 g/mol. The number of carbonyl (C=O) groups excluding carboxylic acids is 1. The lowest BCUT2D eigenvalue weighted by atomic mass is 10.0. The van der Waals surface area contributed by atoms with Gasteiger partial charge in [0.05, 0.1) is 11.3 Å². The van der Waals surface area contributed by atoms with Crippen molar-refractivity contribution in [2.24, 2.45) is 0 Å². The molecule has 1 amide bonds. The van der Waals surface area contributed by atoms with Crippen LogP contribution in [0, 0.1) is 0 Å². The summed E-state index contributed by atoms with van der Waals surface area (Å²) in [6.45, 7) is 8.19. The zero-order valence-corrected chi connectivity index (χ0v) is 11.0. The molecular formula is C14H20N2O. The summed E-state index contributed by atoms with van der Waals surface area (Å²) >= 11 is 0. The average Bonchev–Trinajstić information content (AvgIpc) is 2.38. The van der Waals surface area contributed by atoms with Crippen molar-refractivity contribution in [3.05, 3.63) is 29.8 Å². The molecule has 0 radical (unpaired) electrons. The quantitative estimate of drug-likeness (QED) is 0.685. The predicted molar refractivity (Wildman–Crippen MR) is 70.5 cm³/mol. The fraction of sp³-hybridized carbons (Fsp3) is 0.500. The Morgan fingerprint density at radius 2 is 1.76 bits per heavy atom. The number of amides is 1. The van der Waals surface area contributed by atoms with E-state index in [2.05, 4.69) is 25.7 Å². The molecule has 1 aromatic rings. The van der Waals surface area contributed by atoms with Crippen molar-refractivity contribution < 1.29 is 4.79 Å². The summed E-state index contributed by atoms with van der Waals surface area (Å²) in [5, 5.41) is 0. The van der Waals surface area contributed by atoms with Crippen LogP contribution in [0.15, 0.2) is 24.3 Å². The van der Waals surface area contributed by atoms with E-state index < -0.39 is 0 Å². The van der Waals surface area contributed by atoms with Crippen LogP contribution in [0.4, 0.5) is 5.69 Å². The number of nitrogens with zero attached hydrogens (tertiary/aromatic N) is 2. The summed E-state index contributed by atoms with van der Waals surface area (Å²) in [7, 11) is 1.87. The molecule has 0 atom stereocenters. The number of hydrogen-bond acceptors (Lipinski definition) is 2. The standard InChI is InChI=1S/C14H20N2O/c1-14(2,3)16-10-9-15(4)13(17)11-7-5-6-8-12(11)16/h5-8H,9-10H2,1-4H3. The normalized spacial score (nSPS) is 16.8. The van der Waals surface area contributed by atoms with Gasteiger partial charge in [0.1, 0.15) is 0 Å². The van der Waals surface area contributed by atoms with Crippen LogP contribution in [0.25, 0.3) is 0 Å². The summed E-state index contributed by atoms with van der Waals surface area (Å²) in [6.07, 6.45) is 0. The van der Waals surface area contributed by atoms with E-state index in [9.17, 15) is 4.79 Å². The Bertz CT molecular complexity index is 434. The maximum Gasteiger partial charge on any atom is 0.255 e. The van der Waals surface area contributed by atoms with Gasteiger partial charge in [-0.3, -0.25) is 4.79 Å². The van der Waals surface area contributed by atoms with Crippen LogP contribution >= 0.6 is 0 Å². The third-order valence-electron chi connectivity index (χ3n) is 3.24. The van der Waals surface area contributed by atoms with Gasteiger partial charge in [-0.1, -0.05) is 12.1 Å². The molecule has 0 aromatic heterocycles. The van der Waals surface area contributed by atoms with Crippen LogP contribution in [0.2, 0.25) is 0 Å². The fourth-order valence-corrected chi connectivity index (χ4v) is 2.26. The molecule has 2 rings (SSSR count).